The van der Waals surface area contributed by atoms with Crippen LogP contribution in [0.5, 0.6) is 0 Å². The summed E-state index contributed by atoms with van der Waals surface area (Å²) in [6.45, 7) is 3.46. The molecule has 3 rings (SSSR count). The molecule has 2 aromatic heterocycles. The number of carbonyl (C=O) groups excluding carboxylic acids is 1. The number of rotatable bonds is 7. The van der Waals surface area contributed by atoms with E-state index in [0.29, 0.717) is 4.47 Å². The van der Waals surface area contributed by atoms with Crippen molar-refractivity contribution >= 4 is 38.9 Å². The number of hydrogen-bond donors (Lipinski definition) is 3. The van der Waals surface area contributed by atoms with Crippen LogP contribution in [0.25, 0.3) is 5.65 Å². The molecule has 0 aliphatic heterocycles. The summed E-state index contributed by atoms with van der Waals surface area (Å²) in [6.07, 6.45) is 3.42. The maximum atomic E-state index is 15.0. The van der Waals surface area contributed by atoms with Gasteiger partial charge in [-0.1, -0.05) is 29.8 Å². The van der Waals surface area contributed by atoms with E-state index in [0.717, 1.165) is 0 Å². The fraction of sp³-hybridized carbons (Fsp3) is 0.263. The first-order valence-corrected chi connectivity index (χ1v) is 9.54. The number of pyridine rings is 1. The smallest absolute Gasteiger partial charge is 0.278 e. The van der Waals surface area contributed by atoms with Gasteiger partial charge in [-0.3, -0.25) is 9.63 Å². The maximum Gasteiger partial charge on any atom is 0.278 e. The van der Waals surface area contributed by atoms with Gasteiger partial charge >= 0.3 is 0 Å². The number of aliphatic hydroxyl groups is 1. The molecule has 1 atom stereocenters. The highest BCUT2D eigenvalue weighted by Crippen LogP contribution is 2.29. The van der Waals surface area contributed by atoms with Gasteiger partial charge in [-0.05, 0) is 24.1 Å². The number of halogens is 3. The van der Waals surface area contributed by atoms with Crippen LogP contribution >= 0.6 is 15.9 Å². The van der Waals surface area contributed by atoms with Crippen molar-refractivity contribution in [3.63, 3.8) is 0 Å². The third-order valence-corrected chi connectivity index (χ3v) is 4.74. The Kier molecular flexibility index (Phi) is 6.46. The molecule has 7 nitrogen and oxygen atoms in total. The van der Waals surface area contributed by atoms with Crippen LogP contribution in [0, 0.1) is 17.6 Å². The Hall–Kier alpha value is -2.56. The summed E-state index contributed by atoms with van der Waals surface area (Å²) >= 11 is 3.16. The normalized spacial score (nSPS) is 12.4. The average Bonchev–Trinajstić information content (AvgIpc) is 3.14. The molecule has 0 fully saturated rings. The molecular weight excluding hydrogens is 450 g/mol. The summed E-state index contributed by atoms with van der Waals surface area (Å²) in [6, 6.07) is 4.20. The topological polar surface area (TPSA) is 87.9 Å². The predicted octanol–water partition coefficient (Wildman–Crippen LogP) is 3.80. The highest BCUT2D eigenvalue weighted by atomic mass is 79.9. The van der Waals surface area contributed by atoms with Crippen molar-refractivity contribution in [1.82, 2.24) is 14.9 Å². The van der Waals surface area contributed by atoms with Crippen LogP contribution in [0.1, 0.15) is 24.2 Å². The van der Waals surface area contributed by atoms with Gasteiger partial charge in [0.2, 0.25) is 0 Å². The maximum absolute atomic E-state index is 15.0. The summed E-state index contributed by atoms with van der Waals surface area (Å²) in [5.41, 5.74) is 1.74. The van der Waals surface area contributed by atoms with Crippen LogP contribution in [-0.4, -0.2) is 33.1 Å². The van der Waals surface area contributed by atoms with Crippen LogP contribution in [0.15, 0.2) is 41.3 Å². The van der Waals surface area contributed by atoms with E-state index >= 15 is 4.39 Å². The van der Waals surface area contributed by atoms with Gasteiger partial charge in [0.25, 0.3) is 5.91 Å². The second-order valence-corrected chi connectivity index (χ2v) is 7.61. The molecule has 3 aromatic rings. The number of imidazole rings is 1. The van der Waals surface area contributed by atoms with Crippen LogP contribution in [0.4, 0.5) is 20.2 Å². The second kappa shape index (κ2) is 8.85. The zero-order valence-corrected chi connectivity index (χ0v) is 17.2. The first kappa shape index (κ1) is 21.2. The van der Waals surface area contributed by atoms with Crippen molar-refractivity contribution in [1.29, 1.82) is 0 Å². The first-order valence-electron chi connectivity index (χ1n) is 8.75. The summed E-state index contributed by atoms with van der Waals surface area (Å²) in [5, 5.41) is 12.4. The van der Waals surface area contributed by atoms with Gasteiger partial charge in [-0.25, -0.2) is 19.2 Å². The molecule has 1 amide bonds. The quantitative estimate of drug-likeness (QED) is 0.459. The Morgan fingerprint density at radius 3 is 2.83 bits per heavy atom. The van der Waals surface area contributed by atoms with Gasteiger partial charge in [0, 0.05) is 23.1 Å². The highest BCUT2D eigenvalue weighted by molar-refractivity contribution is 9.10. The molecule has 2 heterocycles. The second-order valence-electron chi connectivity index (χ2n) is 6.69. The van der Waals surface area contributed by atoms with E-state index in [1.807, 2.05) is 0 Å². The molecule has 0 aliphatic carbocycles. The minimum absolute atomic E-state index is 0.0202. The third kappa shape index (κ3) is 4.72. The lowest BCUT2D eigenvalue weighted by atomic mass is 10.1. The molecule has 154 valence electrons. The third-order valence-electron chi connectivity index (χ3n) is 4.25. The zero-order chi connectivity index (χ0) is 21.1. The van der Waals surface area contributed by atoms with Gasteiger partial charge in [0.1, 0.15) is 12.4 Å². The van der Waals surface area contributed by atoms with Crippen molar-refractivity contribution in [2.45, 2.75) is 20.0 Å². The Labute approximate surface area is 173 Å². The fourth-order valence-corrected chi connectivity index (χ4v) is 2.81. The van der Waals surface area contributed by atoms with E-state index < -0.39 is 23.6 Å². The predicted molar refractivity (Wildman–Crippen MR) is 107 cm³/mol. The van der Waals surface area contributed by atoms with Crippen molar-refractivity contribution < 1.29 is 23.5 Å². The Bertz CT molecular complexity index is 1040. The van der Waals surface area contributed by atoms with Crippen molar-refractivity contribution in [2.75, 3.05) is 11.9 Å². The molecule has 0 spiro atoms. The summed E-state index contributed by atoms with van der Waals surface area (Å²) < 4.78 is 31.1. The van der Waals surface area contributed by atoms with Gasteiger partial charge in [-0.15, -0.1) is 0 Å². The number of carbonyl (C=O) groups is 1. The number of benzene rings is 1. The minimum Gasteiger partial charge on any atom is -0.390 e. The lowest BCUT2D eigenvalue weighted by Crippen LogP contribution is -2.31. The monoisotopic (exact) mass is 468 g/mol. The molecule has 1 unspecified atom stereocenters. The van der Waals surface area contributed by atoms with Crippen molar-refractivity contribution in [2.24, 2.45) is 5.92 Å². The van der Waals surface area contributed by atoms with Crippen molar-refractivity contribution in [3.8, 4) is 0 Å². The molecule has 29 heavy (non-hydrogen) atoms. The highest BCUT2D eigenvalue weighted by Gasteiger charge is 2.22. The van der Waals surface area contributed by atoms with Gasteiger partial charge in [0.05, 0.1) is 23.0 Å². The van der Waals surface area contributed by atoms with Crippen molar-refractivity contribution in [3.05, 3.63) is 58.5 Å². The number of nitrogens with zero attached hydrogens (tertiary/aromatic N) is 2. The largest absolute Gasteiger partial charge is 0.390 e. The number of amides is 1. The zero-order valence-electron chi connectivity index (χ0n) is 15.6. The molecule has 0 saturated carbocycles. The summed E-state index contributed by atoms with van der Waals surface area (Å²) in [7, 11) is 0. The number of hydroxylamine groups is 1. The van der Waals surface area contributed by atoms with Crippen LogP contribution in [-0.2, 0) is 4.84 Å². The Balaban J connectivity index is 1.92. The van der Waals surface area contributed by atoms with Crippen LogP contribution in [0.2, 0.25) is 0 Å². The van der Waals surface area contributed by atoms with E-state index in [-0.39, 0.29) is 35.1 Å². The van der Waals surface area contributed by atoms with E-state index in [1.54, 1.807) is 19.9 Å². The standard InChI is InChI=1S/C19H19BrF2N4O3/c1-10(2)15(27)9-29-25-19(28)12-8-26-6-5-23-18(26)16(22)17(12)24-14-4-3-11(20)7-13(14)21/h3-8,10,15,24,27H,9H2,1-2H3,(H,25,28). The Morgan fingerprint density at radius 1 is 1.38 bits per heavy atom. The van der Waals surface area contributed by atoms with E-state index in [9.17, 15) is 14.3 Å². The van der Waals surface area contributed by atoms with E-state index in [2.05, 4.69) is 31.7 Å². The number of aromatic nitrogens is 2. The number of hydrogen-bond acceptors (Lipinski definition) is 5. The molecule has 3 N–H and O–H groups in total. The van der Waals surface area contributed by atoms with E-state index in [4.69, 9.17) is 4.84 Å². The molecule has 1 aromatic carbocycles. The summed E-state index contributed by atoms with van der Waals surface area (Å²) in [4.78, 5) is 21.6. The average molecular weight is 469 g/mol. The molecular formula is C19H19BrF2N4O3. The number of nitrogens with one attached hydrogen (secondary N) is 2. The molecule has 0 radical (unpaired) electrons. The van der Waals surface area contributed by atoms with Crippen LogP contribution < -0.4 is 10.8 Å². The SMILES string of the molecule is CC(C)C(O)CONC(=O)c1cn2ccnc2c(F)c1Nc1ccc(Br)cc1F. The summed E-state index contributed by atoms with van der Waals surface area (Å²) in [5.74, 6) is -2.29. The lowest BCUT2D eigenvalue weighted by molar-refractivity contribution is -0.0268. The number of fused-ring (bicyclic) bond motifs is 1. The molecule has 0 saturated heterocycles. The van der Waals surface area contributed by atoms with Gasteiger partial charge < -0.3 is 14.8 Å². The Morgan fingerprint density at radius 2 is 2.14 bits per heavy atom. The van der Waals surface area contributed by atoms with E-state index in [1.165, 1.54) is 35.1 Å². The molecule has 0 aliphatic rings. The first-order chi connectivity index (χ1) is 13.8. The molecule has 10 heteroatoms. The van der Waals surface area contributed by atoms with Gasteiger partial charge in [0.15, 0.2) is 11.5 Å². The van der Waals surface area contributed by atoms with Gasteiger partial charge in [-0.2, -0.15) is 0 Å². The fourth-order valence-electron chi connectivity index (χ4n) is 2.48. The number of anilines is 2. The lowest BCUT2D eigenvalue weighted by Gasteiger charge is -2.17. The number of aliphatic hydroxyl groups excluding tert-OH is 1. The molecule has 0 bridgehead atoms. The minimum atomic E-state index is -0.827. The van der Waals surface area contributed by atoms with Crippen LogP contribution in [0.3, 0.4) is 0 Å².